The molecule has 0 saturated heterocycles. The van der Waals surface area contributed by atoms with Gasteiger partial charge in [-0.15, -0.1) is 0 Å². The normalized spacial score (nSPS) is 8.83. The Morgan fingerprint density at radius 2 is 1.50 bits per heavy atom. The number of carbonyl (C=O) groups is 4. The molecule has 1 aromatic carbocycles. The van der Waals surface area contributed by atoms with Crippen molar-refractivity contribution >= 4 is 38.1 Å². The lowest BCUT2D eigenvalue weighted by atomic mass is 10.1. The van der Waals surface area contributed by atoms with Crippen molar-refractivity contribution in [2.75, 3.05) is 26.6 Å². The number of allylic oxidation sites excluding steroid dienone is 2. The molecule has 0 aliphatic carbocycles. The van der Waals surface area contributed by atoms with Crippen LogP contribution in [0.2, 0.25) is 0 Å². The standard InChI is InChI=1S/C18H28N2O3.C4H8.C2H6O.C2H6S.2C2H6.CH3NO.CH2O/c1-2-3-4-5-7-15-8-6-9-17(12-15)23-13-16(20-14-21)10-11-18(19)22;1-3-4-2;1-3-2;1-2-3;2*1-2;2-1-3;1-2/h6,8-9,12,14,16H,2-5,7,10-11,13H2,1H3,(H2,19,22)(H,20,21);3-4H,1-2H3;1-2H3;3H,2H2,1H3;2*1-2H3;1H,(H2,2,3);1H2/b;4-3-;;;;;;. The zero-order chi connectivity index (χ0) is 34.5. The van der Waals surface area contributed by atoms with Crippen LogP contribution >= 0.6 is 12.6 Å². The van der Waals surface area contributed by atoms with Gasteiger partial charge in [0.1, 0.15) is 19.1 Å². The van der Waals surface area contributed by atoms with Crippen LogP contribution in [0.15, 0.2) is 36.4 Å². The number of carbonyl (C=O) groups excluding carboxylic acids is 4. The van der Waals surface area contributed by atoms with E-state index in [0.717, 1.165) is 17.9 Å². The summed E-state index contributed by atoms with van der Waals surface area (Å²) in [7, 11) is 3.25. The smallest absolute Gasteiger partial charge is 0.217 e. The fourth-order valence-electron chi connectivity index (χ4n) is 2.37. The summed E-state index contributed by atoms with van der Waals surface area (Å²) in [6.45, 7) is 18.5. The highest BCUT2D eigenvalue weighted by atomic mass is 32.1. The van der Waals surface area contributed by atoms with E-state index in [9.17, 15) is 9.59 Å². The van der Waals surface area contributed by atoms with E-state index in [4.69, 9.17) is 20.1 Å². The van der Waals surface area contributed by atoms with Gasteiger partial charge in [0.25, 0.3) is 0 Å². The molecule has 10 heteroatoms. The highest BCUT2D eigenvalue weighted by molar-refractivity contribution is 7.80. The van der Waals surface area contributed by atoms with Gasteiger partial charge in [-0.3, -0.25) is 14.4 Å². The number of ether oxygens (including phenoxy) is 2. The Labute approximate surface area is 264 Å². The maximum Gasteiger partial charge on any atom is 0.217 e. The van der Waals surface area contributed by atoms with Crippen LogP contribution in [0, 0.1) is 0 Å². The van der Waals surface area contributed by atoms with Gasteiger partial charge in [0, 0.05) is 20.6 Å². The quantitative estimate of drug-likeness (QED) is 0.0878. The Hall–Kier alpha value is -2.85. The van der Waals surface area contributed by atoms with E-state index in [2.05, 4.69) is 41.4 Å². The fraction of sp³-hybridized carbons (Fsp3) is 0.625. The van der Waals surface area contributed by atoms with Crippen molar-refractivity contribution in [3.8, 4) is 5.75 Å². The minimum Gasteiger partial charge on any atom is -0.491 e. The molecule has 0 radical (unpaired) electrons. The van der Waals surface area contributed by atoms with E-state index in [-0.39, 0.29) is 24.8 Å². The summed E-state index contributed by atoms with van der Waals surface area (Å²) < 4.78 is 10.00. The summed E-state index contributed by atoms with van der Waals surface area (Å²) in [5.41, 5.74) is 10.6. The first-order chi connectivity index (χ1) is 20.3. The Kier molecular flexibility index (Phi) is 81.3. The van der Waals surface area contributed by atoms with Crippen molar-refractivity contribution in [3.63, 3.8) is 0 Å². The molecule has 0 aromatic heterocycles. The Morgan fingerprint density at radius 1 is 1.02 bits per heavy atom. The largest absolute Gasteiger partial charge is 0.491 e. The highest BCUT2D eigenvalue weighted by Crippen LogP contribution is 2.16. The van der Waals surface area contributed by atoms with Crippen molar-refractivity contribution in [3.05, 3.63) is 42.0 Å². The highest BCUT2D eigenvalue weighted by Gasteiger charge is 2.10. The van der Waals surface area contributed by atoms with E-state index >= 15 is 0 Å². The van der Waals surface area contributed by atoms with Crippen molar-refractivity contribution in [2.45, 2.75) is 106 Å². The lowest BCUT2D eigenvalue weighted by Crippen LogP contribution is -2.34. The molecule has 3 amide bonds. The molecule has 5 N–H and O–H groups in total. The van der Waals surface area contributed by atoms with Crippen LogP contribution in [0.5, 0.6) is 5.75 Å². The number of primary amides is 2. The molecule has 0 bridgehead atoms. The van der Waals surface area contributed by atoms with Gasteiger partial charge in [-0.2, -0.15) is 12.6 Å². The van der Waals surface area contributed by atoms with Gasteiger partial charge >= 0.3 is 0 Å². The molecular formula is C32H65N3O6S. The zero-order valence-electron chi connectivity index (χ0n) is 28.3. The van der Waals surface area contributed by atoms with Gasteiger partial charge < -0.3 is 31.1 Å². The van der Waals surface area contributed by atoms with Crippen molar-refractivity contribution < 1.29 is 28.7 Å². The Bertz CT molecular complexity index is 644. The van der Waals surface area contributed by atoms with Crippen LogP contribution in [-0.4, -0.2) is 58.1 Å². The SMILES string of the molecule is C/C=C\C.C=O.CC.CC.CCCCCCc1cccc(OCC(CCC(N)=O)NC=O)c1.CCS.COC.NC=O. The summed E-state index contributed by atoms with van der Waals surface area (Å²) in [6, 6.07) is 7.82. The number of nitrogens with one attached hydrogen (secondary N) is 1. The van der Waals surface area contributed by atoms with Gasteiger partial charge in [0.2, 0.25) is 18.7 Å². The predicted molar refractivity (Wildman–Crippen MR) is 184 cm³/mol. The summed E-state index contributed by atoms with van der Waals surface area (Å²) in [4.78, 5) is 38.0. The predicted octanol–water partition coefficient (Wildman–Crippen LogP) is 6.32. The number of hydrogen-bond acceptors (Lipinski definition) is 7. The third-order valence-electron chi connectivity index (χ3n) is 4.04. The van der Waals surface area contributed by atoms with Crippen LogP contribution < -0.4 is 21.5 Å². The minimum absolute atomic E-state index is 0.215. The minimum atomic E-state index is -0.378. The number of rotatable bonds is 13. The molecule has 9 nitrogen and oxygen atoms in total. The van der Waals surface area contributed by atoms with Crippen molar-refractivity contribution in [1.29, 1.82) is 0 Å². The number of unbranched alkanes of at least 4 members (excludes halogenated alkanes) is 3. The van der Waals surface area contributed by atoms with Crippen LogP contribution in [0.3, 0.4) is 0 Å². The van der Waals surface area contributed by atoms with Crippen LogP contribution in [-0.2, 0) is 30.3 Å². The Morgan fingerprint density at radius 3 is 1.88 bits per heavy atom. The van der Waals surface area contributed by atoms with E-state index in [0.29, 0.717) is 19.4 Å². The second kappa shape index (κ2) is 62.0. The van der Waals surface area contributed by atoms with E-state index in [1.807, 2.05) is 85.6 Å². The maximum atomic E-state index is 10.8. The number of benzene rings is 1. The van der Waals surface area contributed by atoms with Crippen LogP contribution in [0.1, 0.15) is 99.5 Å². The first kappa shape index (κ1) is 55.1. The molecule has 1 rings (SSSR count). The number of amides is 3. The van der Waals surface area contributed by atoms with Gasteiger partial charge in [-0.05, 0) is 56.6 Å². The van der Waals surface area contributed by atoms with Gasteiger partial charge in [0.15, 0.2) is 0 Å². The average molecular weight is 620 g/mol. The molecule has 0 aliphatic rings. The number of hydrogen-bond donors (Lipinski definition) is 4. The first-order valence-corrected chi connectivity index (χ1v) is 15.2. The van der Waals surface area contributed by atoms with E-state index in [1.54, 1.807) is 14.2 Å². The topological polar surface area (TPSA) is 151 Å². The van der Waals surface area contributed by atoms with E-state index < -0.39 is 0 Å². The number of methoxy groups -OCH3 is 1. The van der Waals surface area contributed by atoms with Crippen molar-refractivity contribution in [2.24, 2.45) is 11.5 Å². The van der Waals surface area contributed by atoms with Crippen LogP contribution in [0.4, 0.5) is 0 Å². The van der Waals surface area contributed by atoms with Gasteiger partial charge in [-0.1, -0.05) is 85.1 Å². The molecule has 0 fully saturated rings. The second-order valence-electron chi connectivity index (χ2n) is 7.28. The average Bonchev–Trinajstić information content (AvgIpc) is 3.01. The third kappa shape index (κ3) is 65.9. The van der Waals surface area contributed by atoms with Crippen LogP contribution in [0.25, 0.3) is 0 Å². The van der Waals surface area contributed by atoms with Gasteiger partial charge in [-0.25, -0.2) is 0 Å². The number of aryl methyl sites for hydroxylation is 1. The molecule has 0 heterocycles. The van der Waals surface area contributed by atoms with Gasteiger partial charge in [0.05, 0.1) is 6.04 Å². The third-order valence-corrected chi connectivity index (χ3v) is 4.04. The number of nitrogens with two attached hydrogens (primary N) is 2. The molecule has 0 spiro atoms. The fourth-order valence-corrected chi connectivity index (χ4v) is 2.37. The lowest BCUT2D eigenvalue weighted by Gasteiger charge is -2.16. The zero-order valence-corrected chi connectivity index (χ0v) is 29.2. The lowest BCUT2D eigenvalue weighted by molar-refractivity contribution is -0.118. The molecule has 0 aliphatic heterocycles. The molecule has 1 aromatic rings. The number of thiol groups is 1. The molecule has 250 valence electrons. The monoisotopic (exact) mass is 619 g/mol. The summed E-state index contributed by atoms with van der Waals surface area (Å²) >= 11 is 3.79. The first-order valence-electron chi connectivity index (χ1n) is 14.5. The summed E-state index contributed by atoms with van der Waals surface area (Å²) in [6.07, 6.45) is 11.6. The molecular weight excluding hydrogens is 554 g/mol. The molecule has 42 heavy (non-hydrogen) atoms. The molecule has 1 unspecified atom stereocenters. The summed E-state index contributed by atoms with van der Waals surface area (Å²) in [5.74, 6) is 1.35. The second-order valence-corrected chi connectivity index (χ2v) is 7.92. The van der Waals surface area contributed by atoms with Crippen molar-refractivity contribution in [1.82, 2.24) is 5.32 Å². The maximum absolute atomic E-state index is 10.8. The molecule has 0 saturated carbocycles. The molecule has 1 atom stereocenters. The van der Waals surface area contributed by atoms with E-state index in [1.165, 1.54) is 31.2 Å². The Balaban J connectivity index is -0.000000106. The summed E-state index contributed by atoms with van der Waals surface area (Å²) in [5, 5.41) is 2.66.